The number of amides is 1. The molecular formula is C10H9BrF3NO2. The molecule has 0 aliphatic carbocycles. The van der Waals surface area contributed by atoms with Crippen molar-refractivity contribution in [1.29, 1.82) is 0 Å². The smallest absolute Gasteiger partial charge is 0.415 e. The van der Waals surface area contributed by atoms with Crippen molar-refractivity contribution in [3.05, 3.63) is 34.3 Å². The van der Waals surface area contributed by atoms with Gasteiger partial charge in [-0.3, -0.25) is 0 Å². The van der Waals surface area contributed by atoms with Gasteiger partial charge < -0.3 is 10.4 Å². The highest BCUT2D eigenvalue weighted by Gasteiger charge is 2.53. The first-order valence-electron chi connectivity index (χ1n) is 4.51. The predicted molar refractivity (Wildman–Crippen MR) is 58.7 cm³/mol. The van der Waals surface area contributed by atoms with Crippen molar-refractivity contribution in [1.82, 2.24) is 5.32 Å². The van der Waals surface area contributed by atoms with E-state index in [1.807, 2.05) is 0 Å². The van der Waals surface area contributed by atoms with Gasteiger partial charge in [-0.2, -0.15) is 13.2 Å². The highest BCUT2D eigenvalue weighted by atomic mass is 79.9. The molecule has 94 valence electrons. The van der Waals surface area contributed by atoms with Crippen molar-refractivity contribution in [2.45, 2.75) is 18.6 Å². The van der Waals surface area contributed by atoms with Crippen LogP contribution in [0.15, 0.2) is 28.7 Å². The Balaban J connectivity index is 3.24. The summed E-state index contributed by atoms with van der Waals surface area (Å²) in [6.07, 6.45) is -6.45. The Kier molecular flexibility index (Phi) is 3.71. The summed E-state index contributed by atoms with van der Waals surface area (Å²) >= 11 is 3.10. The molecule has 1 atom stereocenters. The molecule has 1 rings (SSSR count). The number of hydrogen-bond donors (Lipinski definition) is 2. The van der Waals surface area contributed by atoms with Gasteiger partial charge in [0.15, 0.2) is 5.54 Å². The molecule has 0 spiro atoms. The Morgan fingerprint density at radius 3 is 2.12 bits per heavy atom. The number of alkyl halides is 3. The van der Waals surface area contributed by atoms with Gasteiger partial charge in [-0.25, -0.2) is 4.79 Å². The van der Waals surface area contributed by atoms with Gasteiger partial charge in [0, 0.05) is 4.47 Å². The Morgan fingerprint density at radius 1 is 1.29 bits per heavy atom. The zero-order valence-electron chi connectivity index (χ0n) is 8.68. The minimum Gasteiger partial charge on any atom is -0.465 e. The Labute approximate surface area is 104 Å². The molecule has 0 aliphatic heterocycles. The molecule has 0 saturated heterocycles. The predicted octanol–water partition coefficient (Wildman–Crippen LogP) is 3.49. The van der Waals surface area contributed by atoms with E-state index in [1.165, 1.54) is 29.6 Å². The van der Waals surface area contributed by atoms with Gasteiger partial charge in [0.1, 0.15) is 0 Å². The molecule has 0 aromatic heterocycles. The number of carbonyl (C=O) groups is 1. The second-order valence-electron chi connectivity index (χ2n) is 3.56. The standard InChI is InChI=1S/C10H9BrF3NO2/c1-9(10(12,13)14,15-8(16)17)6-2-4-7(11)5-3-6/h2-5,15H,1H3,(H,16,17)/t9-/m0/s1. The summed E-state index contributed by atoms with van der Waals surface area (Å²) in [5.74, 6) is 0. The first kappa shape index (κ1) is 13.8. The molecule has 1 aromatic rings. The number of benzene rings is 1. The third-order valence-corrected chi connectivity index (χ3v) is 2.87. The number of hydrogen-bond acceptors (Lipinski definition) is 1. The van der Waals surface area contributed by atoms with Crippen LogP contribution in [0.5, 0.6) is 0 Å². The maximum Gasteiger partial charge on any atom is 0.415 e. The molecule has 0 bridgehead atoms. The van der Waals surface area contributed by atoms with Gasteiger partial charge in [0.25, 0.3) is 0 Å². The lowest BCUT2D eigenvalue weighted by Crippen LogP contribution is -2.53. The number of halogens is 4. The van der Waals surface area contributed by atoms with Crippen LogP contribution in [0.4, 0.5) is 18.0 Å². The molecule has 0 radical (unpaired) electrons. The van der Waals surface area contributed by atoms with Crippen molar-refractivity contribution in [2.75, 3.05) is 0 Å². The molecule has 0 saturated carbocycles. The van der Waals surface area contributed by atoms with Gasteiger partial charge >= 0.3 is 12.3 Å². The van der Waals surface area contributed by atoms with Gasteiger partial charge in [-0.1, -0.05) is 28.1 Å². The molecular weight excluding hydrogens is 303 g/mol. The van der Waals surface area contributed by atoms with Crippen LogP contribution in [0.1, 0.15) is 12.5 Å². The van der Waals surface area contributed by atoms with E-state index in [9.17, 15) is 18.0 Å². The van der Waals surface area contributed by atoms with Crippen molar-refractivity contribution in [3.63, 3.8) is 0 Å². The lowest BCUT2D eigenvalue weighted by molar-refractivity contribution is -0.192. The van der Waals surface area contributed by atoms with Crippen LogP contribution in [0, 0.1) is 0 Å². The van der Waals surface area contributed by atoms with Crippen LogP contribution in [0.2, 0.25) is 0 Å². The number of carboxylic acid groups (broad SMARTS) is 1. The lowest BCUT2D eigenvalue weighted by Gasteiger charge is -2.32. The summed E-state index contributed by atoms with van der Waals surface area (Å²) < 4.78 is 39.4. The molecule has 1 amide bonds. The third kappa shape index (κ3) is 2.91. The van der Waals surface area contributed by atoms with E-state index in [-0.39, 0.29) is 5.56 Å². The Hall–Kier alpha value is -1.24. The summed E-state index contributed by atoms with van der Waals surface area (Å²) in [7, 11) is 0. The summed E-state index contributed by atoms with van der Waals surface area (Å²) in [5.41, 5.74) is -2.80. The van der Waals surface area contributed by atoms with Crippen molar-refractivity contribution in [2.24, 2.45) is 0 Å². The number of rotatable bonds is 2. The van der Waals surface area contributed by atoms with Crippen LogP contribution in [-0.2, 0) is 5.54 Å². The van der Waals surface area contributed by atoms with Crippen LogP contribution in [0.3, 0.4) is 0 Å². The fourth-order valence-corrected chi connectivity index (χ4v) is 1.57. The van der Waals surface area contributed by atoms with Crippen LogP contribution < -0.4 is 5.32 Å². The largest absolute Gasteiger partial charge is 0.465 e. The molecule has 0 aliphatic rings. The Bertz CT molecular complexity index is 419. The SMILES string of the molecule is C[C@](NC(=O)O)(c1ccc(Br)cc1)C(F)(F)F. The molecule has 7 heteroatoms. The maximum atomic E-state index is 12.9. The summed E-state index contributed by atoms with van der Waals surface area (Å²) in [6, 6.07) is 5.27. The highest BCUT2D eigenvalue weighted by molar-refractivity contribution is 9.10. The molecule has 0 unspecified atom stereocenters. The van der Waals surface area contributed by atoms with E-state index in [2.05, 4.69) is 15.9 Å². The highest BCUT2D eigenvalue weighted by Crippen LogP contribution is 2.38. The van der Waals surface area contributed by atoms with Crippen LogP contribution >= 0.6 is 15.9 Å². The molecule has 17 heavy (non-hydrogen) atoms. The van der Waals surface area contributed by atoms with E-state index in [4.69, 9.17) is 5.11 Å². The molecule has 0 heterocycles. The van der Waals surface area contributed by atoms with E-state index < -0.39 is 17.8 Å². The lowest BCUT2D eigenvalue weighted by atomic mass is 9.91. The summed E-state index contributed by atoms with van der Waals surface area (Å²) in [5, 5.41) is 10.0. The first-order valence-corrected chi connectivity index (χ1v) is 5.30. The minimum absolute atomic E-state index is 0.171. The van der Waals surface area contributed by atoms with Crippen LogP contribution in [-0.4, -0.2) is 17.4 Å². The van der Waals surface area contributed by atoms with Crippen molar-refractivity contribution >= 4 is 22.0 Å². The summed E-state index contributed by atoms with van der Waals surface area (Å²) in [6.45, 7) is 0.782. The second-order valence-corrected chi connectivity index (χ2v) is 4.48. The van der Waals surface area contributed by atoms with Gasteiger partial charge in [-0.05, 0) is 24.6 Å². The topological polar surface area (TPSA) is 49.3 Å². The minimum atomic E-state index is -4.72. The second kappa shape index (κ2) is 4.56. The monoisotopic (exact) mass is 311 g/mol. The van der Waals surface area contributed by atoms with Gasteiger partial charge in [0.05, 0.1) is 0 Å². The van der Waals surface area contributed by atoms with E-state index >= 15 is 0 Å². The normalized spacial score (nSPS) is 15.1. The van der Waals surface area contributed by atoms with Gasteiger partial charge in [0.2, 0.25) is 0 Å². The third-order valence-electron chi connectivity index (χ3n) is 2.35. The van der Waals surface area contributed by atoms with E-state index in [0.29, 0.717) is 4.47 Å². The van der Waals surface area contributed by atoms with Crippen LogP contribution in [0.25, 0.3) is 0 Å². The average molecular weight is 312 g/mol. The maximum absolute atomic E-state index is 12.9. The molecule has 2 N–H and O–H groups in total. The van der Waals surface area contributed by atoms with E-state index in [0.717, 1.165) is 6.92 Å². The first-order chi connectivity index (χ1) is 7.67. The van der Waals surface area contributed by atoms with Crippen molar-refractivity contribution < 1.29 is 23.1 Å². The fourth-order valence-electron chi connectivity index (χ4n) is 1.30. The zero-order valence-corrected chi connectivity index (χ0v) is 10.3. The average Bonchev–Trinajstić information content (AvgIpc) is 2.15. The molecule has 1 aromatic carbocycles. The molecule has 3 nitrogen and oxygen atoms in total. The number of nitrogens with one attached hydrogen (secondary N) is 1. The van der Waals surface area contributed by atoms with Crippen molar-refractivity contribution in [3.8, 4) is 0 Å². The molecule has 0 fully saturated rings. The Morgan fingerprint density at radius 2 is 1.76 bits per heavy atom. The quantitative estimate of drug-likeness (QED) is 0.878. The van der Waals surface area contributed by atoms with E-state index in [1.54, 1.807) is 0 Å². The fraction of sp³-hybridized carbons (Fsp3) is 0.300. The van der Waals surface area contributed by atoms with Gasteiger partial charge in [-0.15, -0.1) is 0 Å². The zero-order chi connectivity index (χ0) is 13.3. The summed E-state index contributed by atoms with van der Waals surface area (Å²) in [4.78, 5) is 10.5.